The highest BCUT2D eigenvalue weighted by Crippen LogP contribution is 2.51. The summed E-state index contributed by atoms with van der Waals surface area (Å²) < 4.78 is 0. The minimum Gasteiger partial charge on any atom is -0.344 e. The van der Waals surface area contributed by atoms with E-state index < -0.39 is 0 Å². The zero-order valence-corrected chi connectivity index (χ0v) is 29.8. The van der Waals surface area contributed by atoms with Gasteiger partial charge in [-0.2, -0.15) is 0 Å². The maximum absolute atomic E-state index is 5.11. The standard InChI is InChI=1S/C50H41N3/c1-4-15-33(16-5-1)40-23-10-11-24-41(40)46-32-47-44-30-37(27-28-38(44)31-45(47)42-25-12-13-26-43(42)46)36-21-14-22-39(29-36)50-52-48(34-17-6-2-7-18-34)51-49(53-50)35-19-8-3-9-20-35/h2-4,6-8,10-19,21-30,32,42-43,49H,1,5,9,20,31H2,(H,51,52,53). The van der Waals surface area contributed by atoms with E-state index in [0.717, 1.165) is 54.9 Å². The number of nitrogens with zero attached hydrogens (tertiary/aromatic N) is 2. The second-order valence-corrected chi connectivity index (χ2v) is 14.7. The summed E-state index contributed by atoms with van der Waals surface area (Å²) in [5.41, 5.74) is 16.9. The van der Waals surface area contributed by atoms with E-state index in [0.29, 0.717) is 11.8 Å². The molecule has 53 heavy (non-hydrogen) atoms. The molecule has 3 atom stereocenters. The molecule has 3 unspecified atom stereocenters. The van der Waals surface area contributed by atoms with Crippen molar-refractivity contribution in [2.24, 2.45) is 21.8 Å². The lowest BCUT2D eigenvalue weighted by molar-refractivity contribution is 0.633. The maximum atomic E-state index is 5.11. The third-order valence-electron chi connectivity index (χ3n) is 11.5. The summed E-state index contributed by atoms with van der Waals surface area (Å²) in [6, 6.07) is 35.3. The Balaban J connectivity index is 1.03. The molecule has 0 saturated carbocycles. The average molecular weight is 684 g/mol. The van der Waals surface area contributed by atoms with Crippen molar-refractivity contribution in [3.63, 3.8) is 0 Å². The fourth-order valence-corrected chi connectivity index (χ4v) is 8.84. The fourth-order valence-electron chi connectivity index (χ4n) is 8.84. The summed E-state index contributed by atoms with van der Waals surface area (Å²) in [6.07, 6.45) is 30.6. The largest absolute Gasteiger partial charge is 0.344 e. The van der Waals surface area contributed by atoms with Crippen molar-refractivity contribution < 1.29 is 0 Å². The third-order valence-corrected chi connectivity index (χ3v) is 11.5. The second kappa shape index (κ2) is 13.5. The number of nitrogens with one attached hydrogen (secondary N) is 1. The number of allylic oxidation sites excluding steroid dienone is 15. The number of hydrogen-bond acceptors (Lipinski definition) is 3. The normalized spacial score (nSPS) is 22.5. The van der Waals surface area contributed by atoms with Gasteiger partial charge in [0.1, 0.15) is 12.0 Å². The Morgan fingerprint density at radius 2 is 1.45 bits per heavy atom. The second-order valence-electron chi connectivity index (χ2n) is 14.7. The van der Waals surface area contributed by atoms with Crippen LogP contribution in [0, 0.1) is 11.8 Å². The first-order chi connectivity index (χ1) is 26.3. The Kier molecular flexibility index (Phi) is 8.06. The van der Waals surface area contributed by atoms with Crippen LogP contribution in [-0.2, 0) is 6.42 Å². The van der Waals surface area contributed by atoms with Crippen LogP contribution in [0.3, 0.4) is 0 Å². The zero-order chi connectivity index (χ0) is 35.1. The van der Waals surface area contributed by atoms with Crippen LogP contribution in [0.2, 0.25) is 0 Å². The number of aliphatic imine (C=N–C) groups is 2. The smallest absolute Gasteiger partial charge is 0.159 e. The minimum atomic E-state index is -0.146. The Morgan fingerprint density at radius 1 is 0.642 bits per heavy atom. The number of fused-ring (bicyclic) bond motifs is 4. The van der Waals surface area contributed by atoms with Crippen LogP contribution in [0.5, 0.6) is 0 Å². The van der Waals surface area contributed by atoms with Gasteiger partial charge in [-0.3, -0.25) is 0 Å². The highest BCUT2D eigenvalue weighted by molar-refractivity contribution is 6.13. The first kappa shape index (κ1) is 31.7. The molecule has 0 amide bonds. The Bertz CT molecular complexity index is 2460. The molecule has 0 radical (unpaired) electrons. The van der Waals surface area contributed by atoms with Gasteiger partial charge in [0.15, 0.2) is 5.84 Å². The van der Waals surface area contributed by atoms with Crippen molar-refractivity contribution in [3.05, 3.63) is 208 Å². The molecule has 0 fully saturated rings. The van der Waals surface area contributed by atoms with Crippen LogP contribution in [0.4, 0.5) is 0 Å². The van der Waals surface area contributed by atoms with E-state index in [1.165, 1.54) is 55.7 Å². The minimum absolute atomic E-state index is 0.146. The van der Waals surface area contributed by atoms with Crippen LogP contribution in [0.15, 0.2) is 185 Å². The molecule has 256 valence electrons. The zero-order valence-electron chi connectivity index (χ0n) is 29.8. The molecule has 4 aromatic rings. The number of benzene rings is 4. The predicted molar refractivity (Wildman–Crippen MR) is 221 cm³/mol. The highest BCUT2D eigenvalue weighted by Gasteiger charge is 2.36. The molecule has 0 saturated heterocycles. The Morgan fingerprint density at radius 3 is 2.30 bits per heavy atom. The first-order valence-electron chi connectivity index (χ1n) is 19.1. The van der Waals surface area contributed by atoms with E-state index in [1.54, 1.807) is 5.57 Å². The van der Waals surface area contributed by atoms with Gasteiger partial charge in [0.25, 0.3) is 0 Å². The van der Waals surface area contributed by atoms with E-state index in [4.69, 9.17) is 9.98 Å². The van der Waals surface area contributed by atoms with E-state index in [2.05, 4.69) is 163 Å². The van der Waals surface area contributed by atoms with E-state index >= 15 is 0 Å². The maximum Gasteiger partial charge on any atom is 0.159 e. The van der Waals surface area contributed by atoms with Gasteiger partial charge in [-0.1, -0.05) is 151 Å². The SMILES string of the molecule is C1=CCCC(C2N=C(c3ccccc3)N=C(c3cccc(-c4ccc5c(c4)C4=C(C5)C5C=CC=CC5C(c5ccccc5C5=CCCC=C5)=C4)c3)N2)=C1. The molecule has 4 aromatic carbocycles. The Hall–Kier alpha value is -6.06. The number of amidine groups is 2. The van der Waals surface area contributed by atoms with Gasteiger partial charge in [0.2, 0.25) is 0 Å². The van der Waals surface area contributed by atoms with Crippen molar-refractivity contribution in [3.8, 4) is 11.1 Å². The molecular formula is C50H41N3. The molecule has 6 aliphatic rings. The van der Waals surface area contributed by atoms with Crippen LogP contribution >= 0.6 is 0 Å². The fraction of sp³-hybridized carbons (Fsp3) is 0.160. The summed E-state index contributed by atoms with van der Waals surface area (Å²) in [4.78, 5) is 10.2. The molecule has 5 aliphatic carbocycles. The lowest BCUT2D eigenvalue weighted by Crippen LogP contribution is -2.40. The molecule has 0 bridgehead atoms. The summed E-state index contributed by atoms with van der Waals surface area (Å²) in [7, 11) is 0. The van der Waals surface area contributed by atoms with Gasteiger partial charge in [-0.25, -0.2) is 9.98 Å². The van der Waals surface area contributed by atoms with Gasteiger partial charge >= 0.3 is 0 Å². The van der Waals surface area contributed by atoms with Crippen molar-refractivity contribution in [2.75, 3.05) is 0 Å². The lowest BCUT2D eigenvalue weighted by atomic mass is 9.70. The summed E-state index contributed by atoms with van der Waals surface area (Å²) in [5.74, 6) is 2.31. The van der Waals surface area contributed by atoms with Crippen molar-refractivity contribution >= 4 is 28.4 Å². The third kappa shape index (κ3) is 5.87. The van der Waals surface area contributed by atoms with E-state index in [9.17, 15) is 0 Å². The van der Waals surface area contributed by atoms with E-state index in [1.807, 2.05) is 6.07 Å². The number of rotatable bonds is 6. The molecule has 3 heteroatoms. The quantitative estimate of drug-likeness (QED) is 0.216. The summed E-state index contributed by atoms with van der Waals surface area (Å²) >= 11 is 0. The van der Waals surface area contributed by atoms with Gasteiger partial charge < -0.3 is 5.32 Å². The molecule has 0 aromatic heterocycles. The predicted octanol–water partition coefficient (Wildman–Crippen LogP) is 11.3. The van der Waals surface area contributed by atoms with Crippen LogP contribution in [0.25, 0.3) is 27.8 Å². The van der Waals surface area contributed by atoms with Gasteiger partial charge in [0.05, 0.1) is 0 Å². The van der Waals surface area contributed by atoms with Gasteiger partial charge in [-0.15, -0.1) is 0 Å². The van der Waals surface area contributed by atoms with Crippen molar-refractivity contribution in [1.29, 1.82) is 0 Å². The summed E-state index contributed by atoms with van der Waals surface area (Å²) in [5, 5.41) is 3.70. The summed E-state index contributed by atoms with van der Waals surface area (Å²) in [6.45, 7) is 0. The molecule has 3 nitrogen and oxygen atoms in total. The Labute approximate surface area is 312 Å². The van der Waals surface area contributed by atoms with Crippen molar-refractivity contribution in [2.45, 2.75) is 38.3 Å². The highest BCUT2D eigenvalue weighted by atomic mass is 15.2. The van der Waals surface area contributed by atoms with Crippen LogP contribution < -0.4 is 5.32 Å². The topological polar surface area (TPSA) is 36.8 Å². The first-order valence-corrected chi connectivity index (χ1v) is 19.1. The van der Waals surface area contributed by atoms with Crippen LogP contribution in [0.1, 0.15) is 59.1 Å². The lowest BCUT2D eigenvalue weighted by Gasteiger charge is -2.33. The number of hydrogen-bond donors (Lipinski definition) is 1. The van der Waals surface area contributed by atoms with E-state index in [-0.39, 0.29) is 6.17 Å². The van der Waals surface area contributed by atoms with Gasteiger partial charge in [0, 0.05) is 23.0 Å². The molecular weight excluding hydrogens is 643 g/mol. The molecule has 1 aliphatic heterocycles. The average Bonchev–Trinajstić information content (AvgIpc) is 3.62. The van der Waals surface area contributed by atoms with Crippen molar-refractivity contribution in [1.82, 2.24) is 5.32 Å². The van der Waals surface area contributed by atoms with Gasteiger partial charge in [-0.05, 0) is 106 Å². The monoisotopic (exact) mass is 683 g/mol. The molecule has 1 N–H and O–H groups in total. The molecule has 0 spiro atoms. The molecule has 1 heterocycles. The van der Waals surface area contributed by atoms with Crippen LogP contribution in [-0.4, -0.2) is 17.8 Å². The molecule has 10 rings (SSSR count).